The van der Waals surface area contributed by atoms with Gasteiger partial charge in [-0.2, -0.15) is 0 Å². The van der Waals surface area contributed by atoms with Crippen LogP contribution in [0.1, 0.15) is 90.9 Å². The van der Waals surface area contributed by atoms with E-state index in [4.69, 9.17) is 0 Å². The number of aliphatic hydroxyl groups excluding tert-OH is 3. The molecule has 1 fully saturated rings. The van der Waals surface area contributed by atoms with Gasteiger partial charge in [-0.1, -0.05) is 52.4 Å². The summed E-state index contributed by atoms with van der Waals surface area (Å²) in [7, 11) is 0. The number of hydrogen-bond donors (Lipinski definition) is 3. The summed E-state index contributed by atoms with van der Waals surface area (Å²) in [5, 5.41) is 28.4. The van der Waals surface area contributed by atoms with Crippen LogP contribution >= 0.6 is 0 Å². The van der Waals surface area contributed by atoms with Gasteiger partial charge >= 0.3 is 0 Å². The molecule has 1 saturated carbocycles. The van der Waals surface area contributed by atoms with Crippen molar-refractivity contribution in [1.82, 2.24) is 0 Å². The molecule has 0 aromatic carbocycles. The number of rotatable bonds is 14. The van der Waals surface area contributed by atoms with Crippen molar-refractivity contribution in [3.8, 4) is 0 Å². The molecule has 1 aliphatic rings. The fraction of sp³-hybridized carbons (Fsp3) is 1.00. The lowest BCUT2D eigenvalue weighted by Gasteiger charge is -2.21. The van der Waals surface area contributed by atoms with Crippen molar-refractivity contribution in [2.24, 2.45) is 10.8 Å². The predicted octanol–water partition coefficient (Wildman–Crippen LogP) is 4.04. The van der Waals surface area contributed by atoms with Crippen molar-refractivity contribution >= 4 is 0 Å². The average Bonchev–Trinajstić information content (AvgIpc) is 3.27. The van der Waals surface area contributed by atoms with E-state index in [0.29, 0.717) is 12.0 Å². The lowest BCUT2D eigenvalue weighted by molar-refractivity contribution is 0.138. The topological polar surface area (TPSA) is 60.7 Å². The Morgan fingerprint density at radius 2 is 1.50 bits per heavy atom. The monoisotopic (exact) mass is 314 g/mol. The smallest absolute Gasteiger partial charge is 0.0540 e. The van der Waals surface area contributed by atoms with E-state index in [1.165, 1.54) is 32.1 Å². The van der Waals surface area contributed by atoms with Gasteiger partial charge in [-0.05, 0) is 49.4 Å². The van der Waals surface area contributed by atoms with Crippen molar-refractivity contribution in [2.75, 3.05) is 13.2 Å². The van der Waals surface area contributed by atoms with Gasteiger partial charge in [0.25, 0.3) is 0 Å². The Bertz CT molecular complexity index is 268. The van der Waals surface area contributed by atoms with Crippen LogP contribution in [0.4, 0.5) is 0 Å². The molecule has 22 heavy (non-hydrogen) atoms. The Labute approximate surface area is 137 Å². The Kier molecular flexibility index (Phi) is 8.96. The zero-order valence-corrected chi connectivity index (χ0v) is 14.8. The molecule has 0 aliphatic heterocycles. The number of aliphatic hydroxyl groups is 3. The van der Waals surface area contributed by atoms with Crippen LogP contribution in [0.15, 0.2) is 0 Å². The first-order chi connectivity index (χ1) is 10.4. The molecule has 1 aliphatic carbocycles. The van der Waals surface area contributed by atoms with E-state index < -0.39 is 0 Å². The van der Waals surface area contributed by atoms with Gasteiger partial charge in [-0.3, -0.25) is 0 Å². The van der Waals surface area contributed by atoms with Gasteiger partial charge in [0.15, 0.2) is 0 Å². The Morgan fingerprint density at radius 3 is 2.00 bits per heavy atom. The van der Waals surface area contributed by atoms with Crippen LogP contribution in [0.2, 0.25) is 0 Å². The average molecular weight is 315 g/mol. The summed E-state index contributed by atoms with van der Waals surface area (Å²) in [6.07, 6.45) is 13.2. The Morgan fingerprint density at radius 1 is 0.909 bits per heavy atom. The molecular formula is C19H38O3. The first-order valence-corrected chi connectivity index (χ1v) is 9.33. The number of unbranched alkanes of at least 4 members (excludes halogenated alkanes) is 4. The minimum absolute atomic E-state index is 0.0477. The quantitative estimate of drug-likeness (QED) is 0.424. The molecule has 3 nitrogen and oxygen atoms in total. The van der Waals surface area contributed by atoms with Crippen molar-refractivity contribution < 1.29 is 15.3 Å². The van der Waals surface area contributed by atoms with Crippen LogP contribution in [-0.4, -0.2) is 34.6 Å². The first-order valence-electron chi connectivity index (χ1n) is 9.33. The SMILES string of the molecule is CC(C)(CO)CCCCCC(O)CCCCCC1(CO)CC1. The van der Waals surface area contributed by atoms with Crippen LogP contribution in [0.25, 0.3) is 0 Å². The van der Waals surface area contributed by atoms with E-state index >= 15 is 0 Å². The molecule has 1 unspecified atom stereocenters. The summed E-state index contributed by atoms with van der Waals surface area (Å²) in [6, 6.07) is 0. The third-order valence-electron chi connectivity index (χ3n) is 5.36. The minimum atomic E-state index is -0.140. The largest absolute Gasteiger partial charge is 0.396 e. The summed E-state index contributed by atoms with van der Waals surface area (Å²) in [5.74, 6) is 0. The second-order valence-electron chi connectivity index (χ2n) is 8.33. The molecule has 0 bridgehead atoms. The maximum Gasteiger partial charge on any atom is 0.0540 e. The van der Waals surface area contributed by atoms with E-state index in [9.17, 15) is 15.3 Å². The highest BCUT2D eigenvalue weighted by molar-refractivity contribution is 4.91. The van der Waals surface area contributed by atoms with Crippen LogP contribution in [0.3, 0.4) is 0 Å². The lowest BCUT2D eigenvalue weighted by Crippen LogP contribution is -2.16. The van der Waals surface area contributed by atoms with E-state index in [0.717, 1.165) is 44.9 Å². The van der Waals surface area contributed by atoms with Crippen LogP contribution in [0, 0.1) is 10.8 Å². The van der Waals surface area contributed by atoms with E-state index in [1.54, 1.807) is 0 Å². The van der Waals surface area contributed by atoms with Gasteiger partial charge in [0.2, 0.25) is 0 Å². The molecule has 1 rings (SSSR count). The standard InChI is InChI=1S/C19H38O3/c1-18(2,15-20)11-7-3-5-9-17(22)10-6-4-8-12-19(16-21)13-14-19/h17,20-22H,3-16H2,1-2H3. The maximum absolute atomic E-state index is 9.99. The third kappa shape index (κ3) is 8.50. The fourth-order valence-corrected chi connectivity index (χ4v) is 3.10. The number of hydrogen-bond acceptors (Lipinski definition) is 3. The Hall–Kier alpha value is -0.120. The van der Waals surface area contributed by atoms with Gasteiger partial charge in [0.1, 0.15) is 0 Å². The normalized spacial score (nSPS) is 18.4. The molecule has 0 spiro atoms. The molecule has 3 N–H and O–H groups in total. The van der Waals surface area contributed by atoms with Crippen LogP contribution in [-0.2, 0) is 0 Å². The van der Waals surface area contributed by atoms with Crippen LogP contribution in [0.5, 0.6) is 0 Å². The van der Waals surface area contributed by atoms with E-state index in [2.05, 4.69) is 13.8 Å². The van der Waals surface area contributed by atoms with Crippen molar-refractivity contribution in [3.05, 3.63) is 0 Å². The zero-order valence-electron chi connectivity index (χ0n) is 14.8. The summed E-state index contributed by atoms with van der Waals surface area (Å²) in [6.45, 7) is 4.82. The highest BCUT2D eigenvalue weighted by atomic mass is 16.3. The Balaban J connectivity index is 1.88. The maximum atomic E-state index is 9.99. The molecule has 0 amide bonds. The minimum Gasteiger partial charge on any atom is -0.396 e. The second-order valence-corrected chi connectivity index (χ2v) is 8.33. The highest BCUT2D eigenvalue weighted by Gasteiger charge is 2.40. The molecule has 132 valence electrons. The molecule has 0 saturated heterocycles. The van der Waals surface area contributed by atoms with Gasteiger partial charge in [-0.25, -0.2) is 0 Å². The summed E-state index contributed by atoms with van der Waals surface area (Å²) >= 11 is 0. The van der Waals surface area contributed by atoms with Gasteiger partial charge in [-0.15, -0.1) is 0 Å². The third-order valence-corrected chi connectivity index (χ3v) is 5.36. The highest BCUT2D eigenvalue weighted by Crippen LogP contribution is 2.49. The van der Waals surface area contributed by atoms with E-state index in [1.807, 2.05) is 0 Å². The molecule has 1 atom stereocenters. The molecule has 0 aromatic heterocycles. The first kappa shape index (κ1) is 19.9. The molecule has 0 aromatic rings. The molecule has 3 heteroatoms. The second kappa shape index (κ2) is 9.89. The fourth-order valence-electron chi connectivity index (χ4n) is 3.10. The summed E-state index contributed by atoms with van der Waals surface area (Å²) < 4.78 is 0. The van der Waals surface area contributed by atoms with Crippen molar-refractivity contribution in [2.45, 2.75) is 97.0 Å². The zero-order chi connectivity index (χ0) is 16.5. The lowest BCUT2D eigenvalue weighted by atomic mass is 9.88. The van der Waals surface area contributed by atoms with Crippen LogP contribution < -0.4 is 0 Å². The molecular weight excluding hydrogens is 276 g/mol. The van der Waals surface area contributed by atoms with Crippen molar-refractivity contribution in [3.63, 3.8) is 0 Å². The van der Waals surface area contributed by atoms with Gasteiger partial charge in [0.05, 0.1) is 6.10 Å². The van der Waals surface area contributed by atoms with Gasteiger partial charge < -0.3 is 15.3 Å². The molecule has 0 heterocycles. The van der Waals surface area contributed by atoms with Gasteiger partial charge in [0, 0.05) is 13.2 Å². The summed E-state index contributed by atoms with van der Waals surface area (Å²) in [5.41, 5.74) is 0.340. The van der Waals surface area contributed by atoms with E-state index in [-0.39, 0.29) is 18.1 Å². The predicted molar refractivity (Wildman–Crippen MR) is 91.8 cm³/mol. The van der Waals surface area contributed by atoms with Crippen molar-refractivity contribution in [1.29, 1.82) is 0 Å². The summed E-state index contributed by atoms with van der Waals surface area (Å²) in [4.78, 5) is 0. The molecule has 0 radical (unpaired) electrons.